The monoisotopic (exact) mass is 280 g/mol. The van der Waals surface area contributed by atoms with Crippen molar-refractivity contribution in [3.63, 3.8) is 0 Å². The third-order valence-electron chi connectivity index (χ3n) is 2.82. The first-order valence-corrected chi connectivity index (χ1v) is 6.90. The maximum absolute atomic E-state index is 6.20. The Kier molecular flexibility index (Phi) is 4.47. The number of nitrogens with zero attached hydrogens (tertiary/aromatic N) is 4. The molecule has 0 aliphatic heterocycles. The van der Waals surface area contributed by atoms with Gasteiger partial charge in [-0.15, -0.1) is 11.6 Å². The van der Waals surface area contributed by atoms with Gasteiger partial charge in [-0.25, -0.2) is 0 Å². The maximum atomic E-state index is 6.20. The average molecular weight is 281 g/mol. The molecule has 0 aliphatic rings. The van der Waals surface area contributed by atoms with Gasteiger partial charge in [-0.3, -0.25) is 0 Å². The molecule has 5 nitrogen and oxygen atoms in total. The van der Waals surface area contributed by atoms with Gasteiger partial charge in [0.05, 0.1) is 22.3 Å². The molecule has 0 fully saturated rings. The molecular formula is C13H17ClN4O. The molecule has 0 amide bonds. The van der Waals surface area contributed by atoms with Gasteiger partial charge in [-0.2, -0.15) is 15.2 Å². The zero-order valence-corrected chi connectivity index (χ0v) is 12.1. The molecule has 2 rings (SSSR count). The first-order valence-electron chi connectivity index (χ1n) is 6.46. The highest BCUT2D eigenvalue weighted by atomic mass is 35.5. The lowest BCUT2D eigenvalue weighted by Crippen LogP contribution is -1.98. The van der Waals surface area contributed by atoms with Crippen LogP contribution in [0.2, 0.25) is 0 Å². The quantitative estimate of drug-likeness (QED) is 0.785. The smallest absolute Gasteiger partial charge is 0.259 e. The second kappa shape index (κ2) is 6.10. The summed E-state index contributed by atoms with van der Waals surface area (Å²) in [5.41, 5.74) is 2.51. The highest BCUT2D eigenvalue weighted by Crippen LogP contribution is 2.27. The molecule has 0 bridgehead atoms. The van der Waals surface area contributed by atoms with Gasteiger partial charge in [0.2, 0.25) is 0 Å². The first-order chi connectivity index (χ1) is 9.15. The van der Waals surface area contributed by atoms with E-state index >= 15 is 0 Å². The predicted molar refractivity (Wildman–Crippen MR) is 72.9 cm³/mol. The van der Waals surface area contributed by atoms with Gasteiger partial charge in [-0.1, -0.05) is 25.4 Å². The molecule has 0 aromatic carbocycles. The summed E-state index contributed by atoms with van der Waals surface area (Å²) in [4.78, 5) is 4.37. The lowest BCUT2D eigenvalue weighted by molar-refractivity contribution is 0.420. The van der Waals surface area contributed by atoms with Crippen LogP contribution in [0.3, 0.4) is 0 Å². The number of aryl methyl sites for hydroxylation is 2. The number of alkyl halides is 1. The Hall–Kier alpha value is -1.49. The van der Waals surface area contributed by atoms with Crippen LogP contribution >= 0.6 is 11.6 Å². The minimum absolute atomic E-state index is 0.205. The third kappa shape index (κ3) is 3.10. The number of hydrogen-bond donors (Lipinski definition) is 0. The van der Waals surface area contributed by atoms with Gasteiger partial charge < -0.3 is 4.52 Å². The summed E-state index contributed by atoms with van der Waals surface area (Å²) in [5.74, 6) is 1.00. The van der Waals surface area contributed by atoms with Gasteiger partial charge >= 0.3 is 0 Å². The van der Waals surface area contributed by atoms with Crippen molar-refractivity contribution in [3.05, 3.63) is 23.3 Å². The molecule has 0 spiro atoms. The second-order valence-corrected chi connectivity index (χ2v) is 4.94. The Bertz CT molecular complexity index is 555. The van der Waals surface area contributed by atoms with E-state index in [1.165, 1.54) is 0 Å². The van der Waals surface area contributed by atoms with E-state index in [-0.39, 0.29) is 5.38 Å². The SMILES string of the molecule is CCCC(Cl)c1noc(-c2cc(C)nnc2CC)n1. The molecule has 1 unspecified atom stereocenters. The van der Waals surface area contributed by atoms with Crippen LogP contribution in [0.25, 0.3) is 11.5 Å². The molecule has 19 heavy (non-hydrogen) atoms. The van der Waals surface area contributed by atoms with Crippen LogP contribution in [0.1, 0.15) is 49.3 Å². The summed E-state index contributed by atoms with van der Waals surface area (Å²) >= 11 is 6.20. The summed E-state index contributed by atoms with van der Waals surface area (Å²) in [7, 11) is 0. The molecule has 2 heterocycles. The lowest BCUT2D eigenvalue weighted by atomic mass is 10.1. The summed E-state index contributed by atoms with van der Waals surface area (Å²) in [6.07, 6.45) is 2.57. The van der Waals surface area contributed by atoms with Gasteiger partial charge in [0.25, 0.3) is 5.89 Å². The van der Waals surface area contributed by atoms with Crippen molar-refractivity contribution < 1.29 is 4.52 Å². The molecule has 0 saturated carbocycles. The standard InChI is InChI=1S/C13H17ClN4O/c1-4-6-10(14)12-15-13(19-18-12)9-7-8(3)16-17-11(9)5-2/h7,10H,4-6H2,1-3H3. The van der Waals surface area contributed by atoms with E-state index in [2.05, 4.69) is 27.3 Å². The zero-order valence-electron chi connectivity index (χ0n) is 11.4. The molecule has 6 heteroatoms. The van der Waals surface area contributed by atoms with Gasteiger partial charge in [0.15, 0.2) is 5.82 Å². The fourth-order valence-corrected chi connectivity index (χ4v) is 2.12. The van der Waals surface area contributed by atoms with Crippen molar-refractivity contribution in [3.8, 4) is 11.5 Å². The predicted octanol–water partition coefficient (Wildman–Crippen LogP) is 3.48. The Morgan fingerprint density at radius 3 is 2.79 bits per heavy atom. The number of rotatable bonds is 5. The van der Waals surface area contributed by atoms with E-state index in [9.17, 15) is 0 Å². The molecular weight excluding hydrogens is 264 g/mol. The Morgan fingerprint density at radius 1 is 1.32 bits per heavy atom. The molecule has 1 atom stereocenters. The van der Waals surface area contributed by atoms with E-state index < -0.39 is 0 Å². The van der Waals surface area contributed by atoms with E-state index in [1.807, 2.05) is 19.9 Å². The highest BCUT2D eigenvalue weighted by Gasteiger charge is 2.18. The van der Waals surface area contributed by atoms with Crippen LogP contribution in [0, 0.1) is 6.92 Å². The molecule has 2 aromatic heterocycles. The Balaban J connectivity index is 2.34. The van der Waals surface area contributed by atoms with E-state index in [4.69, 9.17) is 16.1 Å². The van der Waals surface area contributed by atoms with Crippen molar-refractivity contribution in [2.45, 2.75) is 45.4 Å². The topological polar surface area (TPSA) is 64.7 Å². The number of aromatic nitrogens is 4. The fourth-order valence-electron chi connectivity index (χ4n) is 1.81. The van der Waals surface area contributed by atoms with Crippen molar-refractivity contribution in [1.29, 1.82) is 0 Å². The summed E-state index contributed by atoms with van der Waals surface area (Å²) in [5, 5.41) is 11.9. The van der Waals surface area contributed by atoms with Crippen LogP contribution in [0.5, 0.6) is 0 Å². The second-order valence-electron chi connectivity index (χ2n) is 4.41. The van der Waals surface area contributed by atoms with Crippen molar-refractivity contribution in [2.24, 2.45) is 0 Å². The summed E-state index contributed by atoms with van der Waals surface area (Å²) in [6.45, 7) is 5.97. The summed E-state index contributed by atoms with van der Waals surface area (Å²) < 4.78 is 5.30. The minimum atomic E-state index is -0.205. The van der Waals surface area contributed by atoms with Gasteiger partial charge in [-0.05, 0) is 25.8 Å². The fraction of sp³-hybridized carbons (Fsp3) is 0.538. The van der Waals surface area contributed by atoms with Crippen LogP contribution in [0.4, 0.5) is 0 Å². The van der Waals surface area contributed by atoms with E-state index in [0.29, 0.717) is 11.7 Å². The average Bonchev–Trinajstić information content (AvgIpc) is 2.88. The van der Waals surface area contributed by atoms with Crippen molar-refractivity contribution in [1.82, 2.24) is 20.3 Å². The molecule has 0 aliphatic carbocycles. The largest absolute Gasteiger partial charge is 0.334 e. The maximum Gasteiger partial charge on any atom is 0.259 e. The minimum Gasteiger partial charge on any atom is -0.334 e. The van der Waals surface area contributed by atoms with E-state index in [0.717, 1.165) is 36.2 Å². The zero-order chi connectivity index (χ0) is 13.8. The number of hydrogen-bond acceptors (Lipinski definition) is 5. The van der Waals surface area contributed by atoms with E-state index in [1.54, 1.807) is 0 Å². The van der Waals surface area contributed by atoms with Crippen molar-refractivity contribution >= 4 is 11.6 Å². The van der Waals surface area contributed by atoms with Crippen LogP contribution < -0.4 is 0 Å². The highest BCUT2D eigenvalue weighted by molar-refractivity contribution is 6.20. The first kappa shape index (κ1) is 13.9. The van der Waals surface area contributed by atoms with Gasteiger partial charge in [0.1, 0.15) is 0 Å². The Morgan fingerprint density at radius 2 is 2.11 bits per heavy atom. The van der Waals surface area contributed by atoms with Crippen LogP contribution in [-0.4, -0.2) is 20.3 Å². The number of halogens is 1. The molecule has 0 N–H and O–H groups in total. The molecule has 102 valence electrons. The van der Waals surface area contributed by atoms with Crippen LogP contribution in [-0.2, 0) is 6.42 Å². The Labute approximate surface area is 117 Å². The summed E-state index contributed by atoms with van der Waals surface area (Å²) in [6, 6.07) is 1.91. The molecule has 2 aromatic rings. The van der Waals surface area contributed by atoms with Crippen molar-refractivity contribution in [2.75, 3.05) is 0 Å². The van der Waals surface area contributed by atoms with Gasteiger partial charge in [0, 0.05) is 0 Å². The normalized spacial score (nSPS) is 12.6. The van der Waals surface area contributed by atoms with Crippen LogP contribution in [0.15, 0.2) is 10.6 Å². The molecule has 0 radical (unpaired) electrons. The lowest BCUT2D eigenvalue weighted by Gasteiger charge is -2.02. The molecule has 0 saturated heterocycles. The third-order valence-corrected chi connectivity index (χ3v) is 3.24.